The summed E-state index contributed by atoms with van der Waals surface area (Å²) in [6, 6.07) is 8.77. The maximum absolute atomic E-state index is 12.4. The highest BCUT2D eigenvalue weighted by Crippen LogP contribution is 2.22. The third-order valence-electron chi connectivity index (χ3n) is 2.84. The first-order valence-corrected chi connectivity index (χ1v) is 6.64. The Balaban J connectivity index is 2.11. The lowest BCUT2D eigenvalue weighted by atomic mass is 10.1. The van der Waals surface area contributed by atoms with Gasteiger partial charge in [-0.25, -0.2) is 4.98 Å². The van der Waals surface area contributed by atoms with Gasteiger partial charge in [-0.3, -0.25) is 14.2 Å². The molecule has 0 aliphatic heterocycles. The van der Waals surface area contributed by atoms with Gasteiger partial charge < -0.3 is 14.6 Å². The van der Waals surface area contributed by atoms with Crippen LogP contribution in [-0.4, -0.2) is 33.8 Å². The van der Waals surface area contributed by atoms with Gasteiger partial charge in [0.05, 0.1) is 6.61 Å². The highest BCUT2D eigenvalue weighted by molar-refractivity contribution is 5.67. The molecule has 0 saturated carbocycles. The molecule has 0 saturated heterocycles. The standard InChI is InChI=1S/C15H16N2O5/c1-11(18)22-8-7-21-10-17-9-16-14(19)13(15(17)20)12-5-3-2-4-6-12/h2-6,9,19H,7-8,10H2,1H3. The minimum Gasteiger partial charge on any atom is -0.493 e. The van der Waals surface area contributed by atoms with Crippen molar-refractivity contribution in [2.24, 2.45) is 0 Å². The van der Waals surface area contributed by atoms with E-state index in [1.165, 1.54) is 17.8 Å². The Kier molecular flexibility index (Phi) is 5.26. The Labute approximate surface area is 126 Å². The summed E-state index contributed by atoms with van der Waals surface area (Å²) in [5.41, 5.74) is 0.282. The van der Waals surface area contributed by atoms with Crippen LogP contribution in [0.15, 0.2) is 41.5 Å². The van der Waals surface area contributed by atoms with Gasteiger partial charge in [0.1, 0.15) is 25.2 Å². The maximum atomic E-state index is 12.4. The van der Waals surface area contributed by atoms with Crippen molar-refractivity contribution in [1.82, 2.24) is 9.55 Å². The average Bonchev–Trinajstić information content (AvgIpc) is 2.50. The first-order chi connectivity index (χ1) is 10.6. The number of benzene rings is 1. The van der Waals surface area contributed by atoms with E-state index in [2.05, 4.69) is 4.98 Å². The van der Waals surface area contributed by atoms with Crippen molar-refractivity contribution in [3.8, 4) is 17.0 Å². The lowest BCUT2D eigenvalue weighted by Crippen LogP contribution is -2.24. The minimum atomic E-state index is -0.411. The van der Waals surface area contributed by atoms with Crippen molar-refractivity contribution in [3.05, 3.63) is 47.0 Å². The molecule has 0 aliphatic carbocycles. The summed E-state index contributed by atoms with van der Waals surface area (Å²) in [5.74, 6) is -0.717. The molecule has 1 N–H and O–H groups in total. The van der Waals surface area contributed by atoms with E-state index in [0.29, 0.717) is 5.56 Å². The van der Waals surface area contributed by atoms with Crippen LogP contribution in [0.3, 0.4) is 0 Å². The van der Waals surface area contributed by atoms with Gasteiger partial charge >= 0.3 is 5.97 Å². The Morgan fingerprint density at radius 2 is 2.00 bits per heavy atom. The molecule has 0 aliphatic rings. The van der Waals surface area contributed by atoms with Crippen LogP contribution in [0, 0.1) is 0 Å². The van der Waals surface area contributed by atoms with Crippen LogP contribution < -0.4 is 5.56 Å². The second-order valence-electron chi connectivity index (χ2n) is 4.46. The number of ether oxygens (including phenoxy) is 2. The van der Waals surface area contributed by atoms with E-state index in [1.807, 2.05) is 6.07 Å². The number of carbonyl (C=O) groups is 1. The largest absolute Gasteiger partial charge is 0.493 e. The fourth-order valence-electron chi connectivity index (χ4n) is 1.84. The van der Waals surface area contributed by atoms with Crippen molar-refractivity contribution in [2.45, 2.75) is 13.7 Å². The molecule has 116 valence electrons. The van der Waals surface area contributed by atoms with Crippen LogP contribution in [0.1, 0.15) is 6.92 Å². The number of rotatable bonds is 6. The first kappa shape index (κ1) is 15.7. The zero-order valence-electron chi connectivity index (χ0n) is 12.1. The summed E-state index contributed by atoms with van der Waals surface area (Å²) < 4.78 is 11.2. The molecular weight excluding hydrogens is 288 g/mol. The molecule has 0 atom stereocenters. The molecule has 0 radical (unpaired) electrons. The molecule has 0 unspecified atom stereocenters. The Hall–Kier alpha value is -2.67. The van der Waals surface area contributed by atoms with Crippen LogP contribution >= 0.6 is 0 Å². The first-order valence-electron chi connectivity index (χ1n) is 6.64. The van der Waals surface area contributed by atoms with Gasteiger partial charge in [-0.2, -0.15) is 0 Å². The molecule has 0 bridgehead atoms. The van der Waals surface area contributed by atoms with Gasteiger partial charge in [0.25, 0.3) is 5.56 Å². The van der Waals surface area contributed by atoms with E-state index in [9.17, 15) is 14.7 Å². The number of nitrogens with zero attached hydrogens (tertiary/aromatic N) is 2. The number of esters is 1. The molecule has 22 heavy (non-hydrogen) atoms. The predicted molar refractivity (Wildman–Crippen MR) is 78.2 cm³/mol. The number of hydrogen-bond acceptors (Lipinski definition) is 6. The second kappa shape index (κ2) is 7.37. The van der Waals surface area contributed by atoms with E-state index in [0.717, 1.165) is 0 Å². The van der Waals surface area contributed by atoms with Crippen molar-refractivity contribution in [3.63, 3.8) is 0 Å². The lowest BCUT2D eigenvalue weighted by Gasteiger charge is -2.10. The van der Waals surface area contributed by atoms with E-state index in [-0.39, 0.29) is 31.4 Å². The smallest absolute Gasteiger partial charge is 0.302 e. The number of hydrogen-bond donors (Lipinski definition) is 1. The monoisotopic (exact) mass is 304 g/mol. The normalized spacial score (nSPS) is 10.4. The van der Waals surface area contributed by atoms with Crippen molar-refractivity contribution < 1.29 is 19.4 Å². The maximum Gasteiger partial charge on any atom is 0.302 e. The molecule has 7 nitrogen and oxygen atoms in total. The van der Waals surface area contributed by atoms with Crippen LogP contribution in [0.4, 0.5) is 0 Å². The summed E-state index contributed by atoms with van der Waals surface area (Å²) in [6.45, 7) is 1.53. The topological polar surface area (TPSA) is 90.7 Å². The molecular formula is C15H16N2O5. The molecule has 1 aromatic carbocycles. The van der Waals surface area contributed by atoms with Gasteiger partial charge in [0.2, 0.25) is 5.88 Å². The Bertz CT molecular complexity index is 697. The summed E-state index contributed by atoms with van der Waals surface area (Å²) in [4.78, 5) is 26.8. The van der Waals surface area contributed by atoms with Gasteiger partial charge in [-0.05, 0) is 5.56 Å². The molecule has 1 aromatic heterocycles. The molecule has 1 heterocycles. The molecule has 7 heteroatoms. The number of aromatic nitrogens is 2. The van der Waals surface area contributed by atoms with E-state index >= 15 is 0 Å². The average molecular weight is 304 g/mol. The van der Waals surface area contributed by atoms with E-state index in [4.69, 9.17) is 9.47 Å². The van der Waals surface area contributed by atoms with Crippen molar-refractivity contribution in [2.75, 3.05) is 13.2 Å². The summed E-state index contributed by atoms with van der Waals surface area (Å²) in [7, 11) is 0. The van der Waals surface area contributed by atoms with Gasteiger partial charge in [-0.15, -0.1) is 0 Å². The fraction of sp³-hybridized carbons (Fsp3) is 0.267. The SMILES string of the molecule is CC(=O)OCCOCn1cnc(O)c(-c2ccccc2)c1=O. The third kappa shape index (κ3) is 3.92. The molecule has 2 aromatic rings. The van der Waals surface area contributed by atoms with Crippen LogP contribution in [0.2, 0.25) is 0 Å². The minimum absolute atomic E-state index is 0.0484. The highest BCUT2D eigenvalue weighted by atomic mass is 16.6. The van der Waals surface area contributed by atoms with Crippen LogP contribution in [0.5, 0.6) is 5.88 Å². The molecule has 0 fully saturated rings. The number of carbonyl (C=O) groups excluding carboxylic acids is 1. The third-order valence-corrected chi connectivity index (χ3v) is 2.84. The second-order valence-corrected chi connectivity index (χ2v) is 4.46. The van der Waals surface area contributed by atoms with Gasteiger partial charge in [-0.1, -0.05) is 30.3 Å². The van der Waals surface area contributed by atoms with Crippen LogP contribution in [0.25, 0.3) is 11.1 Å². The van der Waals surface area contributed by atoms with Crippen molar-refractivity contribution >= 4 is 5.97 Å². The van der Waals surface area contributed by atoms with Gasteiger partial charge in [0.15, 0.2) is 0 Å². The van der Waals surface area contributed by atoms with Crippen molar-refractivity contribution in [1.29, 1.82) is 0 Å². The summed E-state index contributed by atoms with van der Waals surface area (Å²) in [5, 5.41) is 9.82. The zero-order valence-corrected chi connectivity index (χ0v) is 12.1. The summed E-state index contributed by atoms with van der Waals surface area (Å²) in [6.07, 6.45) is 1.20. The zero-order chi connectivity index (χ0) is 15.9. The lowest BCUT2D eigenvalue weighted by molar-refractivity contribution is -0.142. The van der Waals surface area contributed by atoms with Gasteiger partial charge in [0, 0.05) is 6.92 Å². The Morgan fingerprint density at radius 3 is 2.68 bits per heavy atom. The number of aromatic hydroxyl groups is 1. The fourth-order valence-corrected chi connectivity index (χ4v) is 1.84. The van der Waals surface area contributed by atoms with Crippen LogP contribution in [-0.2, 0) is 21.0 Å². The van der Waals surface area contributed by atoms with E-state index < -0.39 is 11.5 Å². The molecule has 0 spiro atoms. The predicted octanol–water partition coefficient (Wildman–Crippen LogP) is 1.15. The highest BCUT2D eigenvalue weighted by Gasteiger charge is 2.13. The van der Waals surface area contributed by atoms with E-state index in [1.54, 1.807) is 24.3 Å². The quantitative estimate of drug-likeness (QED) is 0.636. The molecule has 2 rings (SSSR count). The summed E-state index contributed by atoms with van der Waals surface area (Å²) >= 11 is 0. The Morgan fingerprint density at radius 1 is 1.27 bits per heavy atom. The molecule has 0 amide bonds.